The van der Waals surface area contributed by atoms with Crippen LogP contribution in [0.25, 0.3) is 12.2 Å². The third kappa shape index (κ3) is 3.31. The molecule has 0 amide bonds. The van der Waals surface area contributed by atoms with Crippen molar-refractivity contribution in [3.63, 3.8) is 0 Å². The SMILES string of the molecule is COc1ccc(/C=c2/s/c(=C\C(=O)C3CC3)[nH]c2=O)cc1. The Balaban J connectivity index is 1.94. The van der Waals surface area contributed by atoms with Crippen LogP contribution in [0.5, 0.6) is 5.75 Å². The summed E-state index contributed by atoms with van der Waals surface area (Å²) in [6, 6.07) is 7.46. The highest BCUT2D eigenvalue weighted by Gasteiger charge is 2.27. The average Bonchev–Trinajstić information content (AvgIpc) is 3.27. The molecule has 0 aliphatic heterocycles. The predicted octanol–water partition coefficient (Wildman–Crippen LogP) is 1.03. The van der Waals surface area contributed by atoms with Gasteiger partial charge in [0, 0.05) is 12.0 Å². The van der Waals surface area contributed by atoms with Crippen LogP contribution in [0.1, 0.15) is 18.4 Å². The number of ketones is 1. The maximum atomic E-state index is 11.9. The molecule has 1 heterocycles. The highest BCUT2D eigenvalue weighted by atomic mass is 32.1. The third-order valence-electron chi connectivity index (χ3n) is 3.35. The largest absolute Gasteiger partial charge is 0.497 e. The fourth-order valence-corrected chi connectivity index (χ4v) is 2.89. The molecule has 108 valence electrons. The van der Waals surface area contributed by atoms with E-state index >= 15 is 0 Å². The summed E-state index contributed by atoms with van der Waals surface area (Å²) in [5.41, 5.74) is 0.758. The number of thiazole rings is 1. The Hall–Kier alpha value is -2.14. The van der Waals surface area contributed by atoms with Crippen LogP contribution in [0.4, 0.5) is 0 Å². The first-order chi connectivity index (χ1) is 10.2. The number of aromatic amines is 1. The molecular formula is C16H15NO3S. The zero-order valence-electron chi connectivity index (χ0n) is 11.6. The van der Waals surface area contributed by atoms with Gasteiger partial charge >= 0.3 is 0 Å². The van der Waals surface area contributed by atoms with Crippen LogP contribution in [0, 0.1) is 5.92 Å². The fourth-order valence-electron chi connectivity index (χ4n) is 1.99. The van der Waals surface area contributed by atoms with Gasteiger partial charge in [-0.1, -0.05) is 12.1 Å². The lowest BCUT2D eigenvalue weighted by Gasteiger charge is -1.98. The summed E-state index contributed by atoms with van der Waals surface area (Å²) in [6.07, 6.45) is 5.29. The number of methoxy groups -OCH3 is 1. The zero-order valence-corrected chi connectivity index (χ0v) is 12.4. The summed E-state index contributed by atoms with van der Waals surface area (Å²) >= 11 is 1.31. The number of hydrogen-bond donors (Lipinski definition) is 1. The van der Waals surface area contributed by atoms with E-state index in [1.165, 1.54) is 11.3 Å². The summed E-state index contributed by atoms with van der Waals surface area (Å²) < 4.78 is 6.31. The van der Waals surface area contributed by atoms with Crippen molar-refractivity contribution in [1.82, 2.24) is 4.98 Å². The van der Waals surface area contributed by atoms with Crippen molar-refractivity contribution in [2.24, 2.45) is 5.92 Å². The molecule has 3 rings (SSSR count). The summed E-state index contributed by atoms with van der Waals surface area (Å²) in [5.74, 6) is 1.06. The van der Waals surface area contributed by atoms with Gasteiger partial charge in [0.1, 0.15) is 5.75 Å². The number of Topliss-reactive ketones (excluding diaryl/α,β-unsaturated/α-hetero) is 1. The average molecular weight is 301 g/mol. The number of ether oxygens (including phenoxy) is 1. The lowest BCUT2D eigenvalue weighted by molar-refractivity contribution is -0.114. The van der Waals surface area contributed by atoms with Gasteiger partial charge in [0.15, 0.2) is 5.78 Å². The Labute approximate surface area is 125 Å². The first-order valence-electron chi connectivity index (χ1n) is 6.76. The van der Waals surface area contributed by atoms with E-state index < -0.39 is 0 Å². The van der Waals surface area contributed by atoms with Crippen molar-refractivity contribution in [2.45, 2.75) is 12.8 Å². The van der Waals surface area contributed by atoms with Crippen molar-refractivity contribution in [1.29, 1.82) is 0 Å². The first-order valence-corrected chi connectivity index (χ1v) is 7.58. The van der Waals surface area contributed by atoms with E-state index in [0.717, 1.165) is 24.2 Å². The van der Waals surface area contributed by atoms with E-state index in [2.05, 4.69) is 4.98 Å². The number of carbonyl (C=O) groups is 1. The van der Waals surface area contributed by atoms with E-state index in [1.54, 1.807) is 13.2 Å². The van der Waals surface area contributed by atoms with E-state index in [9.17, 15) is 9.59 Å². The molecule has 0 atom stereocenters. The van der Waals surface area contributed by atoms with Gasteiger partial charge in [0.2, 0.25) is 0 Å². The topological polar surface area (TPSA) is 59.2 Å². The molecule has 4 nitrogen and oxygen atoms in total. The number of hydrogen-bond acceptors (Lipinski definition) is 4. The second kappa shape index (κ2) is 5.69. The maximum absolute atomic E-state index is 11.9. The molecule has 1 aromatic carbocycles. The number of aromatic nitrogens is 1. The standard InChI is InChI=1S/C16H15NO3S/c1-20-12-6-2-10(3-7-12)8-14-16(19)17-15(21-14)9-13(18)11-4-5-11/h2-3,6-9,11H,4-5H2,1H3,(H,17,19)/b14-8+,15-9-. The van der Waals surface area contributed by atoms with Gasteiger partial charge in [-0.05, 0) is 36.6 Å². The van der Waals surface area contributed by atoms with Gasteiger partial charge in [-0.2, -0.15) is 0 Å². The number of carbonyl (C=O) groups excluding carboxylic acids is 1. The fraction of sp³-hybridized carbons (Fsp3) is 0.250. The molecule has 0 spiro atoms. The normalized spacial score (nSPS) is 16.2. The molecule has 5 heteroatoms. The smallest absolute Gasteiger partial charge is 0.266 e. The predicted molar refractivity (Wildman–Crippen MR) is 82.9 cm³/mol. The van der Waals surface area contributed by atoms with Crippen molar-refractivity contribution in [3.05, 3.63) is 49.4 Å². The molecule has 1 fully saturated rings. The van der Waals surface area contributed by atoms with Gasteiger partial charge in [-0.3, -0.25) is 9.59 Å². The number of rotatable bonds is 4. The number of H-pyrrole nitrogens is 1. The molecule has 0 unspecified atom stereocenters. The lowest BCUT2D eigenvalue weighted by Crippen LogP contribution is -2.20. The molecular weight excluding hydrogens is 286 g/mol. The lowest BCUT2D eigenvalue weighted by atomic mass is 10.2. The van der Waals surface area contributed by atoms with Crippen LogP contribution in [0.2, 0.25) is 0 Å². The minimum atomic E-state index is -0.161. The van der Waals surface area contributed by atoms with Gasteiger partial charge in [-0.15, -0.1) is 11.3 Å². The molecule has 0 saturated heterocycles. The van der Waals surface area contributed by atoms with Crippen LogP contribution in [-0.2, 0) is 4.79 Å². The molecule has 1 aliphatic carbocycles. The Kier molecular flexibility index (Phi) is 3.75. The molecule has 0 bridgehead atoms. The summed E-state index contributed by atoms with van der Waals surface area (Å²) in [5, 5.41) is 0. The Bertz CT molecular complexity index is 826. The van der Waals surface area contributed by atoms with Gasteiger partial charge in [0.25, 0.3) is 5.56 Å². The second-order valence-corrected chi connectivity index (χ2v) is 6.11. The molecule has 1 N–H and O–H groups in total. The van der Waals surface area contributed by atoms with Gasteiger partial charge in [0.05, 0.1) is 16.3 Å². The van der Waals surface area contributed by atoms with Crippen molar-refractivity contribution in [3.8, 4) is 5.75 Å². The Morgan fingerprint density at radius 2 is 2.05 bits per heavy atom. The maximum Gasteiger partial charge on any atom is 0.266 e. The number of nitrogens with one attached hydrogen (secondary N) is 1. The second-order valence-electron chi connectivity index (χ2n) is 5.02. The van der Waals surface area contributed by atoms with Crippen LogP contribution >= 0.6 is 11.3 Å². The molecule has 21 heavy (non-hydrogen) atoms. The van der Waals surface area contributed by atoms with Crippen LogP contribution in [0.15, 0.2) is 29.1 Å². The third-order valence-corrected chi connectivity index (χ3v) is 4.31. The summed E-state index contributed by atoms with van der Waals surface area (Å²) in [7, 11) is 1.61. The quantitative estimate of drug-likeness (QED) is 0.918. The van der Waals surface area contributed by atoms with E-state index in [1.807, 2.05) is 30.3 Å². The Morgan fingerprint density at radius 1 is 1.33 bits per heavy atom. The van der Waals surface area contributed by atoms with E-state index in [-0.39, 0.29) is 17.3 Å². The first kappa shape index (κ1) is 13.8. The zero-order chi connectivity index (χ0) is 14.8. The van der Waals surface area contributed by atoms with Crippen molar-refractivity contribution in [2.75, 3.05) is 7.11 Å². The Morgan fingerprint density at radius 3 is 2.67 bits per heavy atom. The van der Waals surface area contributed by atoms with E-state index in [4.69, 9.17) is 4.74 Å². The van der Waals surface area contributed by atoms with E-state index in [0.29, 0.717) is 9.20 Å². The summed E-state index contributed by atoms with van der Waals surface area (Å²) in [6.45, 7) is 0. The molecule has 1 aromatic heterocycles. The van der Waals surface area contributed by atoms with Crippen molar-refractivity contribution < 1.29 is 9.53 Å². The molecule has 0 radical (unpaired) electrons. The van der Waals surface area contributed by atoms with Crippen LogP contribution in [0.3, 0.4) is 0 Å². The molecule has 2 aromatic rings. The van der Waals surface area contributed by atoms with Crippen molar-refractivity contribution >= 4 is 29.3 Å². The van der Waals surface area contributed by atoms with Crippen LogP contribution in [-0.4, -0.2) is 17.9 Å². The number of benzene rings is 1. The molecule has 1 aliphatic rings. The summed E-state index contributed by atoms with van der Waals surface area (Å²) in [4.78, 5) is 26.4. The minimum absolute atomic E-state index is 0.114. The highest BCUT2D eigenvalue weighted by molar-refractivity contribution is 7.07. The highest BCUT2D eigenvalue weighted by Crippen LogP contribution is 2.30. The van der Waals surface area contributed by atoms with Crippen LogP contribution < -0.4 is 19.5 Å². The molecule has 1 saturated carbocycles. The minimum Gasteiger partial charge on any atom is -0.497 e. The van der Waals surface area contributed by atoms with Gasteiger partial charge in [-0.25, -0.2) is 0 Å². The monoisotopic (exact) mass is 301 g/mol. The van der Waals surface area contributed by atoms with Gasteiger partial charge < -0.3 is 9.72 Å².